The molecule has 12 nitrogen and oxygen atoms in total. The van der Waals surface area contributed by atoms with Crippen molar-refractivity contribution in [2.24, 2.45) is 17.6 Å². The van der Waals surface area contributed by atoms with Crippen LogP contribution in [0.25, 0.3) is 0 Å². The number of rotatable bonds is 18. The maximum absolute atomic E-state index is 12.6. The quantitative estimate of drug-likeness (QED) is 0.0399. The van der Waals surface area contributed by atoms with Crippen molar-refractivity contribution in [1.29, 1.82) is 0 Å². The molecular formula is C33H45Cl2NO11. The topological polar surface area (TPSA) is 214 Å². The Morgan fingerprint density at radius 2 is 1.66 bits per heavy atom. The van der Waals surface area contributed by atoms with Crippen molar-refractivity contribution in [2.75, 3.05) is 0 Å². The third kappa shape index (κ3) is 15.5. The summed E-state index contributed by atoms with van der Waals surface area (Å²) < 4.78 is 10.1. The fourth-order valence-electron chi connectivity index (χ4n) is 4.46. The Balaban J connectivity index is 2.66. The van der Waals surface area contributed by atoms with E-state index in [-0.39, 0.29) is 17.9 Å². The SMILES string of the molecule is CC/C=C/[C@@H](OC(N)=O)[C@@H](Cl)[C@H](O)CC(=O)[C@@H](O)[C@H](O)[C@H](C)/C(Cl)=C/C=C/C=C(C)/C=C/C=C/C(=O)O[C@@H]1CC(C(=O)O)CC[C@@H]1O. The summed E-state index contributed by atoms with van der Waals surface area (Å²) in [5, 5.41) is 49.4. The van der Waals surface area contributed by atoms with Crippen LogP contribution in [-0.4, -0.2) is 91.3 Å². The van der Waals surface area contributed by atoms with Gasteiger partial charge in [0.1, 0.15) is 23.7 Å². The van der Waals surface area contributed by atoms with Gasteiger partial charge in [-0.3, -0.25) is 9.59 Å². The van der Waals surface area contributed by atoms with Crippen molar-refractivity contribution >= 4 is 47.0 Å². The predicted molar refractivity (Wildman–Crippen MR) is 176 cm³/mol. The molecule has 1 rings (SSSR count). The van der Waals surface area contributed by atoms with E-state index in [0.29, 0.717) is 12.8 Å². The van der Waals surface area contributed by atoms with Gasteiger partial charge in [-0.25, -0.2) is 9.59 Å². The standard InChI is InChI=1S/C33H45Cl2NO11/c1-4-5-13-26(47-33(36)45)29(35)24(38)18-25(39)31(42)30(41)20(3)22(34)12-8-6-10-19(2)11-7-9-14-28(40)46-27-17-21(32(43)44)15-16-23(27)37/h5-14,20-21,23-24,26-27,29-31,37-38,41-42H,4,15-18H2,1-3H3,(H2,36,45)(H,43,44)/b8-6+,11-7+,13-5+,14-9+,19-10+,22-12-/t20-,21?,23+,24-,26-,27-,29+,30-,31-/m1/s1. The normalized spacial score (nSPS) is 23.5. The number of aliphatic hydroxyl groups is 4. The lowest BCUT2D eigenvalue weighted by Gasteiger charge is -2.30. The minimum absolute atomic E-state index is 0.0584. The van der Waals surface area contributed by atoms with Crippen LogP contribution in [0.3, 0.4) is 0 Å². The van der Waals surface area contributed by atoms with Crippen molar-refractivity contribution in [1.82, 2.24) is 0 Å². The Labute approximate surface area is 284 Å². The Morgan fingerprint density at radius 1 is 1.02 bits per heavy atom. The second kappa shape index (κ2) is 21.6. The van der Waals surface area contributed by atoms with Gasteiger partial charge >= 0.3 is 18.0 Å². The fraction of sp³-hybridized carbons (Fsp3) is 0.515. The summed E-state index contributed by atoms with van der Waals surface area (Å²) in [5.74, 6) is -4.10. The number of aliphatic carboxylic acids is 1. The van der Waals surface area contributed by atoms with E-state index in [1.807, 2.05) is 6.92 Å². The molecule has 1 amide bonds. The second-order valence-electron chi connectivity index (χ2n) is 11.1. The molecule has 0 spiro atoms. The molecule has 47 heavy (non-hydrogen) atoms. The van der Waals surface area contributed by atoms with Gasteiger partial charge in [0.25, 0.3) is 0 Å². The lowest BCUT2D eigenvalue weighted by Crippen LogP contribution is -2.43. The molecule has 1 saturated carbocycles. The molecule has 0 aromatic rings. The van der Waals surface area contributed by atoms with Crippen LogP contribution in [0.15, 0.2) is 71.4 Å². The number of esters is 1. The Hall–Kier alpha value is -3.26. The van der Waals surface area contributed by atoms with Crippen LogP contribution >= 0.6 is 23.2 Å². The first kappa shape index (κ1) is 41.8. The molecule has 0 aromatic carbocycles. The van der Waals surface area contributed by atoms with Crippen molar-refractivity contribution in [2.45, 2.75) is 94.9 Å². The average molecular weight is 703 g/mol. The number of alkyl halides is 1. The minimum Gasteiger partial charge on any atom is -0.481 e. The first-order valence-electron chi connectivity index (χ1n) is 15.1. The molecule has 0 heterocycles. The van der Waals surface area contributed by atoms with Crippen molar-refractivity contribution < 1.29 is 54.2 Å². The maximum atomic E-state index is 12.6. The van der Waals surface area contributed by atoms with Crippen molar-refractivity contribution in [3.63, 3.8) is 0 Å². The molecule has 0 saturated heterocycles. The number of carbonyl (C=O) groups excluding carboxylic acids is 3. The number of hydrogen-bond acceptors (Lipinski definition) is 10. The number of ether oxygens (including phenoxy) is 2. The average Bonchev–Trinajstić information content (AvgIpc) is 3.02. The molecule has 0 bridgehead atoms. The molecule has 0 radical (unpaired) electrons. The summed E-state index contributed by atoms with van der Waals surface area (Å²) >= 11 is 12.5. The number of carbonyl (C=O) groups is 4. The third-order valence-corrected chi connectivity index (χ3v) is 8.32. The van der Waals surface area contributed by atoms with Crippen LogP contribution in [0.5, 0.6) is 0 Å². The minimum atomic E-state index is -1.89. The van der Waals surface area contributed by atoms with E-state index in [2.05, 4.69) is 0 Å². The lowest BCUT2D eigenvalue weighted by molar-refractivity contribution is -0.159. The van der Waals surface area contributed by atoms with Gasteiger partial charge in [-0.1, -0.05) is 73.6 Å². The van der Waals surface area contributed by atoms with E-state index in [0.717, 1.165) is 5.57 Å². The molecule has 1 unspecified atom stereocenters. The first-order valence-corrected chi connectivity index (χ1v) is 15.9. The highest BCUT2D eigenvalue weighted by molar-refractivity contribution is 6.30. The zero-order valence-corrected chi connectivity index (χ0v) is 28.0. The molecule has 9 atom stereocenters. The number of hydrogen-bond donors (Lipinski definition) is 6. The van der Waals surface area contributed by atoms with Crippen LogP contribution in [0.4, 0.5) is 4.79 Å². The number of ketones is 1. The molecule has 0 aliphatic heterocycles. The smallest absolute Gasteiger partial charge is 0.405 e. The molecule has 1 aliphatic rings. The zero-order valence-electron chi connectivity index (χ0n) is 26.5. The predicted octanol–water partition coefficient (Wildman–Crippen LogP) is 3.60. The number of aliphatic hydroxyl groups excluding tert-OH is 4. The molecule has 0 aromatic heterocycles. The Bertz CT molecular complexity index is 1240. The molecule has 14 heteroatoms. The number of halogens is 2. The highest BCUT2D eigenvalue weighted by atomic mass is 35.5. The largest absolute Gasteiger partial charge is 0.481 e. The molecule has 1 aliphatic carbocycles. The van der Waals surface area contributed by atoms with Gasteiger partial charge in [0, 0.05) is 29.9 Å². The van der Waals surface area contributed by atoms with Gasteiger partial charge in [0.05, 0.1) is 24.2 Å². The van der Waals surface area contributed by atoms with Gasteiger partial charge in [0.15, 0.2) is 5.78 Å². The van der Waals surface area contributed by atoms with Crippen LogP contribution in [-0.2, 0) is 23.9 Å². The molecular weight excluding hydrogens is 657 g/mol. The van der Waals surface area contributed by atoms with Crippen LogP contribution < -0.4 is 5.73 Å². The molecule has 1 fully saturated rings. The van der Waals surface area contributed by atoms with Crippen molar-refractivity contribution in [3.8, 4) is 0 Å². The summed E-state index contributed by atoms with van der Waals surface area (Å²) in [6, 6.07) is 0. The monoisotopic (exact) mass is 701 g/mol. The van der Waals surface area contributed by atoms with Crippen molar-refractivity contribution in [3.05, 3.63) is 71.4 Å². The Kier molecular flexibility index (Phi) is 19.2. The van der Waals surface area contributed by atoms with Gasteiger partial charge in [-0.15, -0.1) is 11.6 Å². The fourth-order valence-corrected chi connectivity index (χ4v) is 4.88. The van der Waals surface area contributed by atoms with Gasteiger partial charge in [0.2, 0.25) is 0 Å². The van der Waals surface area contributed by atoms with E-state index in [1.54, 1.807) is 43.4 Å². The molecule has 7 N–H and O–H groups in total. The van der Waals surface area contributed by atoms with E-state index in [9.17, 15) is 39.6 Å². The Morgan fingerprint density at radius 3 is 2.28 bits per heavy atom. The van der Waals surface area contributed by atoms with E-state index in [1.165, 1.54) is 31.2 Å². The van der Waals surface area contributed by atoms with Gasteiger partial charge in [-0.05, 0) is 38.3 Å². The highest BCUT2D eigenvalue weighted by Crippen LogP contribution is 2.27. The zero-order chi connectivity index (χ0) is 35.7. The first-order chi connectivity index (χ1) is 22.1. The van der Waals surface area contributed by atoms with E-state index < -0.39 is 84.1 Å². The summed E-state index contributed by atoms with van der Waals surface area (Å²) in [4.78, 5) is 47.0. The highest BCUT2D eigenvalue weighted by Gasteiger charge is 2.36. The van der Waals surface area contributed by atoms with E-state index >= 15 is 0 Å². The number of nitrogens with two attached hydrogens (primary N) is 1. The number of primary amides is 1. The number of carboxylic acid groups (broad SMARTS) is 1. The van der Waals surface area contributed by atoms with Crippen LogP contribution in [0.1, 0.15) is 52.9 Å². The lowest BCUT2D eigenvalue weighted by atomic mass is 9.85. The number of Topliss-reactive ketones (excluding diaryl/α,β-unsaturated/α-hetero) is 1. The van der Waals surface area contributed by atoms with Gasteiger partial charge in [-0.2, -0.15) is 0 Å². The summed E-state index contributed by atoms with van der Waals surface area (Å²) in [5.41, 5.74) is 5.83. The van der Waals surface area contributed by atoms with Crippen LogP contribution in [0, 0.1) is 11.8 Å². The summed E-state index contributed by atoms with van der Waals surface area (Å²) in [6.07, 6.45) is 6.95. The number of allylic oxidation sites excluding steroid dienone is 9. The second-order valence-corrected chi connectivity index (χ2v) is 12.0. The maximum Gasteiger partial charge on any atom is 0.405 e. The van der Waals surface area contributed by atoms with Gasteiger partial charge < -0.3 is 40.7 Å². The van der Waals surface area contributed by atoms with Crippen LogP contribution in [0.2, 0.25) is 0 Å². The summed E-state index contributed by atoms with van der Waals surface area (Å²) in [7, 11) is 0. The van der Waals surface area contributed by atoms with E-state index in [4.69, 9.17) is 43.5 Å². The molecule has 262 valence electrons. The number of amides is 1. The summed E-state index contributed by atoms with van der Waals surface area (Å²) in [6.45, 7) is 5.12. The number of carboxylic acids is 1. The third-order valence-electron chi connectivity index (χ3n) is 7.31.